The predicted molar refractivity (Wildman–Crippen MR) is 89.9 cm³/mol. The predicted octanol–water partition coefficient (Wildman–Crippen LogP) is 0.927. The molecule has 3 rings (SSSR count). The Morgan fingerprint density at radius 3 is 2.58 bits per heavy atom. The molecule has 0 bridgehead atoms. The Morgan fingerprint density at radius 2 is 1.88 bits per heavy atom. The molecule has 2 fully saturated rings. The molecule has 2 heterocycles. The number of piperazine rings is 1. The average Bonchev–Trinajstić information content (AvgIpc) is 2.57. The highest BCUT2D eigenvalue weighted by Crippen LogP contribution is 2.13. The lowest BCUT2D eigenvalue weighted by Gasteiger charge is -2.37. The zero-order chi connectivity index (χ0) is 16.9. The second-order valence-electron chi connectivity index (χ2n) is 6.78. The first-order chi connectivity index (χ1) is 11.6. The molecule has 2 aliphatic heterocycles. The first kappa shape index (κ1) is 17.3. The minimum atomic E-state index is -0.302. The van der Waals surface area contributed by atoms with Crippen LogP contribution in [0.5, 0.6) is 0 Å². The van der Waals surface area contributed by atoms with Gasteiger partial charge in [-0.15, -0.1) is 0 Å². The summed E-state index contributed by atoms with van der Waals surface area (Å²) in [5, 5.41) is 9.70. The van der Waals surface area contributed by atoms with Crippen molar-refractivity contribution < 1.29 is 14.3 Å². The molecule has 1 atom stereocenters. The Hall–Kier alpha value is -1.50. The third-order valence-electron chi connectivity index (χ3n) is 4.92. The number of β-amino-alcohol motifs (C(OH)–C–C–N with tert-alkyl or cyclic N) is 1. The van der Waals surface area contributed by atoms with Crippen molar-refractivity contribution in [3.8, 4) is 0 Å². The zero-order valence-corrected chi connectivity index (χ0v) is 14.0. The molecule has 2 aliphatic rings. The third-order valence-corrected chi connectivity index (χ3v) is 4.92. The SMILES string of the molecule is O=C(CN1CCCC(O)C1)N1CCN(Cc2ccccc2F)CC1. The number of rotatable bonds is 4. The van der Waals surface area contributed by atoms with Crippen LogP contribution >= 0.6 is 0 Å². The fourth-order valence-corrected chi connectivity index (χ4v) is 3.49. The summed E-state index contributed by atoms with van der Waals surface area (Å²) < 4.78 is 13.7. The molecule has 2 saturated heterocycles. The number of aliphatic hydroxyl groups excluding tert-OH is 1. The number of carbonyl (C=O) groups is 1. The molecular formula is C18H26FN3O2. The Morgan fingerprint density at radius 1 is 1.12 bits per heavy atom. The second kappa shape index (κ2) is 8.05. The number of piperidine rings is 1. The number of amides is 1. The van der Waals surface area contributed by atoms with E-state index in [4.69, 9.17) is 0 Å². The number of nitrogens with zero attached hydrogens (tertiary/aromatic N) is 3. The molecule has 5 nitrogen and oxygen atoms in total. The highest BCUT2D eigenvalue weighted by Gasteiger charge is 2.25. The van der Waals surface area contributed by atoms with Crippen LogP contribution in [0.2, 0.25) is 0 Å². The van der Waals surface area contributed by atoms with E-state index < -0.39 is 0 Å². The van der Waals surface area contributed by atoms with Gasteiger partial charge in [0.15, 0.2) is 0 Å². The van der Waals surface area contributed by atoms with Crippen molar-refractivity contribution in [2.45, 2.75) is 25.5 Å². The Balaban J connectivity index is 1.44. The molecule has 132 valence electrons. The van der Waals surface area contributed by atoms with Gasteiger partial charge in [-0.3, -0.25) is 14.6 Å². The third kappa shape index (κ3) is 4.53. The number of aliphatic hydroxyl groups is 1. The van der Waals surface area contributed by atoms with Crippen LogP contribution in [-0.4, -0.2) is 77.6 Å². The molecule has 24 heavy (non-hydrogen) atoms. The van der Waals surface area contributed by atoms with Gasteiger partial charge in [0.05, 0.1) is 12.6 Å². The van der Waals surface area contributed by atoms with Crippen LogP contribution in [0.15, 0.2) is 24.3 Å². The lowest BCUT2D eigenvalue weighted by atomic mass is 10.1. The molecule has 6 heteroatoms. The summed E-state index contributed by atoms with van der Waals surface area (Å²) in [7, 11) is 0. The van der Waals surface area contributed by atoms with Gasteiger partial charge in [0.25, 0.3) is 0 Å². The summed E-state index contributed by atoms with van der Waals surface area (Å²) in [6.45, 7) is 5.37. The summed E-state index contributed by atoms with van der Waals surface area (Å²) in [5.41, 5.74) is 0.708. The van der Waals surface area contributed by atoms with Crippen molar-refractivity contribution in [1.82, 2.24) is 14.7 Å². The van der Waals surface area contributed by atoms with Gasteiger partial charge in [0.2, 0.25) is 5.91 Å². The maximum atomic E-state index is 13.7. The van der Waals surface area contributed by atoms with E-state index in [-0.39, 0.29) is 17.8 Å². The molecule has 0 spiro atoms. The first-order valence-electron chi connectivity index (χ1n) is 8.76. The van der Waals surface area contributed by atoms with Crippen molar-refractivity contribution in [3.63, 3.8) is 0 Å². The van der Waals surface area contributed by atoms with Gasteiger partial charge in [0, 0.05) is 44.8 Å². The standard InChI is InChI=1S/C18H26FN3O2/c19-17-6-2-1-4-15(17)12-20-8-10-22(11-9-20)18(24)14-21-7-3-5-16(23)13-21/h1-2,4,6,16,23H,3,5,7-14H2. The lowest BCUT2D eigenvalue weighted by Crippen LogP contribution is -2.52. The smallest absolute Gasteiger partial charge is 0.236 e. The Labute approximate surface area is 142 Å². The van der Waals surface area contributed by atoms with Crippen LogP contribution in [0.25, 0.3) is 0 Å². The monoisotopic (exact) mass is 335 g/mol. The largest absolute Gasteiger partial charge is 0.392 e. The van der Waals surface area contributed by atoms with Gasteiger partial charge in [0.1, 0.15) is 5.82 Å². The minimum Gasteiger partial charge on any atom is -0.392 e. The van der Waals surface area contributed by atoms with Crippen LogP contribution < -0.4 is 0 Å². The molecule has 1 N–H and O–H groups in total. The van der Waals surface area contributed by atoms with Crippen LogP contribution in [0, 0.1) is 5.82 Å². The summed E-state index contributed by atoms with van der Waals surface area (Å²) >= 11 is 0. The second-order valence-corrected chi connectivity index (χ2v) is 6.78. The van der Waals surface area contributed by atoms with E-state index in [1.54, 1.807) is 6.07 Å². The van der Waals surface area contributed by atoms with E-state index in [9.17, 15) is 14.3 Å². The molecular weight excluding hydrogens is 309 g/mol. The van der Waals surface area contributed by atoms with Crippen LogP contribution in [0.4, 0.5) is 4.39 Å². The number of hydrogen-bond acceptors (Lipinski definition) is 4. The van der Waals surface area contributed by atoms with Crippen molar-refractivity contribution in [2.75, 3.05) is 45.8 Å². The Bertz CT molecular complexity index is 561. The van der Waals surface area contributed by atoms with Gasteiger partial charge >= 0.3 is 0 Å². The molecule has 0 saturated carbocycles. The summed E-state index contributed by atoms with van der Waals surface area (Å²) in [5.74, 6) is -0.0331. The van der Waals surface area contributed by atoms with Crippen LogP contribution in [0.3, 0.4) is 0 Å². The van der Waals surface area contributed by atoms with Gasteiger partial charge in [-0.1, -0.05) is 18.2 Å². The topological polar surface area (TPSA) is 47.0 Å². The molecule has 1 amide bonds. The van der Waals surface area contributed by atoms with E-state index in [0.29, 0.717) is 38.3 Å². The molecule has 1 aromatic rings. The number of carbonyl (C=O) groups excluding carboxylic acids is 1. The van der Waals surface area contributed by atoms with Crippen molar-refractivity contribution in [1.29, 1.82) is 0 Å². The Kier molecular flexibility index (Phi) is 5.81. The van der Waals surface area contributed by atoms with Gasteiger partial charge < -0.3 is 10.0 Å². The fourth-order valence-electron chi connectivity index (χ4n) is 3.49. The zero-order valence-electron chi connectivity index (χ0n) is 14.0. The quantitative estimate of drug-likeness (QED) is 0.889. The highest BCUT2D eigenvalue weighted by atomic mass is 19.1. The maximum absolute atomic E-state index is 13.7. The molecule has 1 aromatic carbocycles. The van der Waals surface area contributed by atoms with Crippen molar-refractivity contribution in [2.24, 2.45) is 0 Å². The van der Waals surface area contributed by atoms with Crippen molar-refractivity contribution >= 4 is 5.91 Å². The summed E-state index contributed by atoms with van der Waals surface area (Å²) in [4.78, 5) is 18.5. The van der Waals surface area contributed by atoms with E-state index in [1.807, 2.05) is 21.9 Å². The van der Waals surface area contributed by atoms with Gasteiger partial charge in [-0.05, 0) is 25.5 Å². The molecule has 1 unspecified atom stereocenters. The van der Waals surface area contributed by atoms with Crippen LogP contribution in [-0.2, 0) is 11.3 Å². The maximum Gasteiger partial charge on any atom is 0.236 e. The molecule has 0 radical (unpaired) electrons. The number of hydrogen-bond donors (Lipinski definition) is 1. The summed E-state index contributed by atoms with van der Waals surface area (Å²) in [6, 6.07) is 6.86. The molecule has 0 aliphatic carbocycles. The average molecular weight is 335 g/mol. The van der Waals surface area contributed by atoms with E-state index in [2.05, 4.69) is 4.90 Å². The minimum absolute atomic E-state index is 0.134. The number of likely N-dealkylation sites (tertiary alicyclic amines) is 1. The highest BCUT2D eigenvalue weighted by molar-refractivity contribution is 5.78. The first-order valence-corrected chi connectivity index (χ1v) is 8.76. The fraction of sp³-hybridized carbons (Fsp3) is 0.611. The van der Waals surface area contributed by atoms with E-state index in [0.717, 1.165) is 32.5 Å². The van der Waals surface area contributed by atoms with Gasteiger partial charge in [-0.25, -0.2) is 4.39 Å². The van der Waals surface area contributed by atoms with Crippen LogP contribution in [0.1, 0.15) is 18.4 Å². The van der Waals surface area contributed by atoms with Gasteiger partial charge in [-0.2, -0.15) is 0 Å². The van der Waals surface area contributed by atoms with Crippen molar-refractivity contribution in [3.05, 3.63) is 35.6 Å². The molecule has 0 aromatic heterocycles. The normalized spacial score (nSPS) is 23.4. The lowest BCUT2D eigenvalue weighted by molar-refractivity contribution is -0.134. The number of halogens is 1. The number of benzene rings is 1. The summed E-state index contributed by atoms with van der Waals surface area (Å²) in [6.07, 6.45) is 1.48. The van der Waals surface area contributed by atoms with E-state index >= 15 is 0 Å². The van der Waals surface area contributed by atoms with E-state index in [1.165, 1.54) is 6.07 Å².